The van der Waals surface area contributed by atoms with Crippen LogP contribution in [0.1, 0.15) is 77.5 Å². The maximum absolute atomic E-state index is 12.6. The zero-order valence-corrected chi connectivity index (χ0v) is 30.7. The van der Waals surface area contributed by atoms with Crippen molar-refractivity contribution in [3.05, 3.63) is 11.8 Å². The molecule has 1 aromatic heterocycles. The molecule has 2 saturated heterocycles. The van der Waals surface area contributed by atoms with Gasteiger partial charge in [-0.25, -0.2) is 4.52 Å². The first kappa shape index (κ1) is 41.8. The summed E-state index contributed by atoms with van der Waals surface area (Å²) < 4.78 is 37.1. The molecule has 0 saturated carbocycles. The Balaban J connectivity index is 1.52. The van der Waals surface area contributed by atoms with E-state index >= 15 is 0 Å². The van der Waals surface area contributed by atoms with Crippen molar-refractivity contribution < 1.29 is 73.5 Å². The van der Waals surface area contributed by atoms with Crippen LogP contribution in [-0.4, -0.2) is 145 Å². The van der Waals surface area contributed by atoms with E-state index in [1.165, 1.54) is 11.0 Å². The first-order chi connectivity index (χ1) is 24.3. The second kappa shape index (κ2) is 18.9. The van der Waals surface area contributed by atoms with E-state index in [4.69, 9.17) is 52.6 Å². The summed E-state index contributed by atoms with van der Waals surface area (Å²) in [6, 6.07) is -2.65. The number of rotatable bonds is 16. The number of aliphatic hydroxyl groups is 7. The summed E-state index contributed by atoms with van der Waals surface area (Å²) >= 11 is 10.4. The summed E-state index contributed by atoms with van der Waals surface area (Å²) in [5.41, 5.74) is 0.210. The van der Waals surface area contributed by atoms with Gasteiger partial charge in [-0.1, -0.05) is 44.7 Å². The molecule has 19 heteroatoms. The highest BCUT2D eigenvalue weighted by Gasteiger charge is 2.52. The van der Waals surface area contributed by atoms with Crippen molar-refractivity contribution >= 4 is 40.2 Å². The van der Waals surface area contributed by atoms with E-state index in [1.807, 2.05) is 13.8 Å². The fraction of sp³-hybridized carbons (Fsp3) is 0.812. The Labute approximate surface area is 306 Å². The molecule has 4 heterocycles. The van der Waals surface area contributed by atoms with Crippen LogP contribution in [0.25, 0.3) is 0 Å². The molecule has 51 heavy (non-hydrogen) atoms. The fourth-order valence-electron chi connectivity index (χ4n) is 6.47. The summed E-state index contributed by atoms with van der Waals surface area (Å²) in [7, 11) is 0. The van der Waals surface area contributed by atoms with Gasteiger partial charge in [-0.15, -0.1) is 0 Å². The van der Waals surface area contributed by atoms with Gasteiger partial charge in [-0.05, 0) is 20.3 Å². The number of aliphatic hydroxyl groups excluding tert-OH is 7. The third-order valence-corrected chi connectivity index (χ3v) is 9.53. The molecule has 2 fully saturated rings. The normalized spacial score (nSPS) is 35.7. The van der Waals surface area contributed by atoms with Gasteiger partial charge in [0.2, 0.25) is 6.04 Å². The van der Waals surface area contributed by atoms with Crippen LogP contribution >= 0.6 is 24.4 Å². The van der Waals surface area contributed by atoms with Gasteiger partial charge < -0.3 is 70.1 Å². The van der Waals surface area contributed by atoms with Gasteiger partial charge in [0, 0.05) is 17.6 Å². The average molecular weight is 767 g/mol. The molecule has 14 atom stereocenters. The maximum atomic E-state index is 12.6. The van der Waals surface area contributed by atoms with Gasteiger partial charge in [-0.3, -0.25) is 4.79 Å². The lowest BCUT2D eigenvalue weighted by Gasteiger charge is -2.48. The molecule has 17 nitrogen and oxygen atoms in total. The highest BCUT2D eigenvalue weighted by atomic mass is 32.1. The van der Waals surface area contributed by atoms with Gasteiger partial charge in [-0.2, -0.15) is 0 Å². The lowest BCUT2D eigenvalue weighted by atomic mass is 9.94. The quantitative estimate of drug-likeness (QED) is 0.0676. The first-order valence-corrected chi connectivity index (χ1v) is 18.0. The van der Waals surface area contributed by atoms with Crippen LogP contribution in [0.5, 0.6) is 5.88 Å². The number of Topliss-reactive ketones (excluding diaryl/α,β-unsaturated/α-hetero) is 1. The number of fused-ring (bicyclic) bond motifs is 1. The van der Waals surface area contributed by atoms with Crippen LogP contribution in [0.15, 0.2) is 10.8 Å². The molecule has 0 radical (unpaired) electrons. The van der Waals surface area contributed by atoms with Crippen molar-refractivity contribution in [2.75, 3.05) is 19.8 Å². The minimum absolute atomic E-state index is 0.0661. The van der Waals surface area contributed by atoms with Crippen molar-refractivity contribution in [3.8, 4) is 5.88 Å². The molecule has 1 aromatic rings. The van der Waals surface area contributed by atoms with E-state index < -0.39 is 98.9 Å². The number of aromatic nitrogens is 1. The smallest absolute Gasteiger partial charge is 0.421 e. The van der Waals surface area contributed by atoms with E-state index in [0.717, 1.165) is 12.8 Å². The minimum atomic E-state index is -1.51. The summed E-state index contributed by atoms with van der Waals surface area (Å²) in [5.74, 6) is 0.208. The predicted octanol–water partition coefficient (Wildman–Crippen LogP) is -1.65. The number of carbonyl (C=O) groups is 1. The molecular formula is C32H52N3O14S2+. The number of carbonyl (C=O) groups excluding carboxylic acids is 1. The van der Waals surface area contributed by atoms with Crippen LogP contribution < -0.4 is 20.1 Å². The van der Waals surface area contributed by atoms with Crippen molar-refractivity contribution in [1.29, 1.82) is 0 Å². The van der Waals surface area contributed by atoms with Crippen LogP contribution in [0, 0.1) is 0 Å². The van der Waals surface area contributed by atoms with Crippen LogP contribution in [0.4, 0.5) is 0 Å². The molecule has 0 bridgehead atoms. The number of hydrogen-bond acceptors (Lipinski definition) is 16. The lowest BCUT2D eigenvalue weighted by Crippen LogP contribution is -2.69. The second-order valence-electron chi connectivity index (χ2n) is 13.1. The van der Waals surface area contributed by atoms with Gasteiger partial charge >= 0.3 is 5.88 Å². The van der Waals surface area contributed by atoms with E-state index in [1.54, 1.807) is 13.8 Å². The second-order valence-corrected chi connectivity index (χ2v) is 14.3. The number of hydrogen-bond donors (Lipinski definition) is 9. The molecule has 4 rings (SSSR count). The van der Waals surface area contributed by atoms with E-state index in [0.29, 0.717) is 12.8 Å². The summed E-state index contributed by atoms with van der Waals surface area (Å²) in [6.45, 7) is 5.29. The van der Waals surface area contributed by atoms with Crippen LogP contribution in [-0.2, 0) is 23.7 Å². The molecule has 3 aliphatic rings. The number of ketones is 1. The maximum Gasteiger partial charge on any atom is 0.421 e. The number of ether oxygens (including phenoxy) is 5. The van der Waals surface area contributed by atoms with Crippen molar-refractivity contribution in [2.24, 2.45) is 0 Å². The fourth-order valence-corrected chi connectivity index (χ4v) is 6.74. The average Bonchev–Trinajstić information content (AvgIpc) is 3.52. The Hall–Kier alpha value is -1.98. The third-order valence-electron chi connectivity index (χ3n) is 9.29. The topological polar surface area (TPSA) is 246 Å². The molecule has 0 amide bonds. The monoisotopic (exact) mass is 766 g/mol. The summed E-state index contributed by atoms with van der Waals surface area (Å²) in [5, 5.41) is 80.6. The van der Waals surface area contributed by atoms with Crippen LogP contribution in [0.2, 0.25) is 0 Å². The first-order valence-electron chi connectivity index (χ1n) is 17.2. The predicted molar refractivity (Wildman–Crippen MR) is 183 cm³/mol. The third kappa shape index (κ3) is 9.77. The number of nitrogens with one attached hydrogen (secondary N) is 2. The Bertz CT molecular complexity index is 1320. The molecule has 0 aliphatic carbocycles. The molecule has 9 N–H and O–H groups in total. The highest BCUT2D eigenvalue weighted by Crippen LogP contribution is 2.36. The molecule has 3 aliphatic heterocycles. The lowest BCUT2D eigenvalue weighted by molar-refractivity contribution is -0.884. The standard InChI is InChI=1S/C32H51N3O14S2/c1-5-7-8-17(38)9-16(6-2)35-30-18(12-45-35)24(39)26(41)21(46-30)13-44-31-23(34-15(4)51)28(43)29(20(11-37)48-31)49-32-22(33-14(3)50)27(42)25(40)19(10-36)47-32/h12,16,19-29,31-32,36-37,39-43H,5-11,13H2,1-4H3,(H-,33,34,50,51)/p+1/t16?,19?,20?,21?,22?,23-,24-,25-,26-,27-,28?,29+,31?,32+/m1/s1. The number of nitrogens with zero attached hydrogens (tertiary/aromatic N) is 1. The largest absolute Gasteiger partial charge is 0.433 e. The molecule has 0 aromatic carbocycles. The van der Waals surface area contributed by atoms with Crippen molar-refractivity contribution in [2.45, 2.75) is 145 Å². The zero-order chi connectivity index (χ0) is 37.6. The Morgan fingerprint density at radius 2 is 1.53 bits per heavy atom. The van der Waals surface area contributed by atoms with Gasteiger partial charge in [0.25, 0.3) is 0 Å². The van der Waals surface area contributed by atoms with Crippen LogP contribution in [0.3, 0.4) is 0 Å². The van der Waals surface area contributed by atoms with Crippen molar-refractivity contribution in [3.63, 3.8) is 0 Å². The SMILES string of the molecule is CCCCC(=O)CC(CC)[n+]1occ2c1OC(COC1OC(CO)[C@H](O[C@@H]3OC(CO)[C@@H](O)[C@H](O)C3NC(C)=S)C(O)[C@H]1NC(C)=S)[C@@H](O)[C@@H]2O. The molecule has 7 unspecified atom stereocenters. The Morgan fingerprint density at radius 1 is 0.902 bits per heavy atom. The Kier molecular flexibility index (Phi) is 15.5. The molecular weight excluding hydrogens is 714 g/mol. The highest BCUT2D eigenvalue weighted by molar-refractivity contribution is 7.80. The van der Waals surface area contributed by atoms with Crippen molar-refractivity contribution in [1.82, 2.24) is 10.6 Å². The molecule has 290 valence electrons. The summed E-state index contributed by atoms with van der Waals surface area (Å²) in [4.78, 5) is 13.1. The minimum Gasteiger partial charge on any atom is -0.433 e. The zero-order valence-electron chi connectivity index (χ0n) is 29.1. The van der Waals surface area contributed by atoms with Gasteiger partial charge in [0.15, 0.2) is 24.9 Å². The van der Waals surface area contributed by atoms with E-state index in [9.17, 15) is 40.5 Å². The van der Waals surface area contributed by atoms with E-state index in [-0.39, 0.29) is 40.2 Å². The number of unbranched alkanes of at least 4 members (excludes halogenated alkanes) is 1. The van der Waals surface area contributed by atoms with E-state index in [2.05, 4.69) is 10.6 Å². The molecule has 0 spiro atoms. The van der Waals surface area contributed by atoms with Gasteiger partial charge in [0.05, 0.1) is 36.2 Å². The summed E-state index contributed by atoms with van der Waals surface area (Å²) in [6.07, 6.45) is -11.0. The number of thiocarbonyl (C=S) groups is 2. The Morgan fingerprint density at radius 3 is 2.12 bits per heavy atom. The van der Waals surface area contributed by atoms with Gasteiger partial charge in [0.1, 0.15) is 72.3 Å².